The molecule has 16 heavy (non-hydrogen) atoms. The van der Waals surface area contributed by atoms with Gasteiger partial charge in [-0.2, -0.15) is 0 Å². The molecule has 0 radical (unpaired) electrons. The Balaban J connectivity index is 2.07. The van der Waals surface area contributed by atoms with E-state index in [2.05, 4.69) is 5.32 Å². The highest BCUT2D eigenvalue weighted by Gasteiger charge is 2.23. The first-order chi connectivity index (χ1) is 7.66. The maximum absolute atomic E-state index is 11.9. The molecule has 1 saturated heterocycles. The smallest absolute Gasteiger partial charge is 0.237 e. The lowest BCUT2D eigenvalue weighted by atomic mass is 10.2. The lowest BCUT2D eigenvalue weighted by Gasteiger charge is -2.12. The normalized spacial score (nSPS) is 19.7. The molecule has 3 N–H and O–H groups in total. The number of carbonyl (C=O) groups excluding carboxylic acids is 1. The van der Waals surface area contributed by atoms with Gasteiger partial charge < -0.3 is 11.1 Å². The summed E-state index contributed by atoms with van der Waals surface area (Å²) in [5, 5.41) is 3.01. The number of amides is 1. The number of benzene rings is 1. The fourth-order valence-electron chi connectivity index (χ4n) is 1.78. The molecule has 1 aromatic carbocycles. The minimum absolute atomic E-state index is 0.0831. The van der Waals surface area contributed by atoms with Crippen molar-refractivity contribution in [3.63, 3.8) is 0 Å². The third kappa shape index (κ3) is 2.50. The van der Waals surface area contributed by atoms with E-state index in [1.807, 2.05) is 25.1 Å². The summed E-state index contributed by atoms with van der Waals surface area (Å²) in [5.74, 6) is 1.17. The Kier molecular flexibility index (Phi) is 3.39. The van der Waals surface area contributed by atoms with Crippen LogP contribution in [0.1, 0.15) is 18.4 Å². The molecule has 1 aliphatic heterocycles. The van der Waals surface area contributed by atoms with Gasteiger partial charge in [0.15, 0.2) is 0 Å². The summed E-state index contributed by atoms with van der Waals surface area (Å²) in [6.07, 6.45) is 2.11. The van der Waals surface area contributed by atoms with Crippen molar-refractivity contribution in [1.29, 1.82) is 0 Å². The molecule has 3 nitrogen and oxygen atoms in total. The third-order valence-electron chi connectivity index (χ3n) is 2.69. The minimum atomic E-state index is 0.0831. The second-order valence-electron chi connectivity index (χ2n) is 4.08. The summed E-state index contributed by atoms with van der Waals surface area (Å²) in [6.45, 7) is 1.99. The Labute approximate surface area is 99.8 Å². The first-order valence-electron chi connectivity index (χ1n) is 5.45. The zero-order valence-corrected chi connectivity index (χ0v) is 10.1. The van der Waals surface area contributed by atoms with E-state index in [1.165, 1.54) is 0 Å². The second-order valence-corrected chi connectivity index (χ2v) is 5.39. The van der Waals surface area contributed by atoms with Crippen molar-refractivity contribution in [2.75, 3.05) is 16.8 Å². The summed E-state index contributed by atoms with van der Waals surface area (Å²) in [7, 11) is 0. The number of nitrogens with two attached hydrogens (primary N) is 1. The van der Waals surface area contributed by atoms with Crippen LogP contribution in [-0.4, -0.2) is 16.9 Å². The zero-order valence-electron chi connectivity index (χ0n) is 9.32. The number of anilines is 2. The number of nitrogen functional groups attached to an aromatic ring is 1. The minimum Gasteiger partial charge on any atom is -0.397 e. The summed E-state index contributed by atoms with van der Waals surface area (Å²) in [6, 6.07) is 5.68. The molecule has 0 aliphatic carbocycles. The summed E-state index contributed by atoms with van der Waals surface area (Å²) < 4.78 is 0. The van der Waals surface area contributed by atoms with E-state index < -0.39 is 0 Å². The van der Waals surface area contributed by atoms with Gasteiger partial charge in [-0.3, -0.25) is 4.79 Å². The van der Waals surface area contributed by atoms with Crippen molar-refractivity contribution < 1.29 is 4.79 Å². The van der Waals surface area contributed by atoms with Gasteiger partial charge in [-0.25, -0.2) is 0 Å². The van der Waals surface area contributed by atoms with Crippen LogP contribution in [0.5, 0.6) is 0 Å². The third-order valence-corrected chi connectivity index (χ3v) is 4.07. The lowest BCUT2D eigenvalue weighted by Crippen LogP contribution is -2.23. The van der Waals surface area contributed by atoms with Crippen LogP contribution < -0.4 is 11.1 Å². The molecular weight excluding hydrogens is 220 g/mol. The SMILES string of the molecule is Cc1ccc(N)c(NC(=O)C2CCCS2)c1. The molecule has 1 aromatic rings. The van der Waals surface area contributed by atoms with E-state index in [0.29, 0.717) is 5.69 Å². The van der Waals surface area contributed by atoms with Crippen LogP contribution in [0.4, 0.5) is 11.4 Å². The second kappa shape index (κ2) is 4.78. The summed E-state index contributed by atoms with van der Waals surface area (Å²) in [5.41, 5.74) is 8.28. The van der Waals surface area contributed by atoms with Gasteiger partial charge >= 0.3 is 0 Å². The van der Waals surface area contributed by atoms with Gasteiger partial charge in [0.2, 0.25) is 5.91 Å². The monoisotopic (exact) mass is 236 g/mol. The average molecular weight is 236 g/mol. The average Bonchev–Trinajstić information content (AvgIpc) is 2.76. The van der Waals surface area contributed by atoms with Crippen LogP contribution in [0.15, 0.2) is 18.2 Å². The largest absolute Gasteiger partial charge is 0.397 e. The van der Waals surface area contributed by atoms with E-state index in [-0.39, 0.29) is 11.2 Å². The highest BCUT2D eigenvalue weighted by atomic mass is 32.2. The molecular formula is C12H16N2OS. The van der Waals surface area contributed by atoms with Gasteiger partial charge in [0, 0.05) is 0 Å². The molecule has 86 valence electrons. The van der Waals surface area contributed by atoms with Crippen molar-refractivity contribution in [1.82, 2.24) is 0 Å². The Morgan fingerprint density at radius 3 is 3.06 bits per heavy atom. The van der Waals surface area contributed by atoms with Gasteiger partial charge in [0.05, 0.1) is 16.6 Å². The van der Waals surface area contributed by atoms with Gasteiger partial charge in [-0.05, 0) is 43.2 Å². The standard InChI is InChI=1S/C12H16N2OS/c1-8-4-5-9(13)10(7-8)14-12(15)11-3-2-6-16-11/h4-5,7,11H,2-3,6,13H2,1H3,(H,14,15). The van der Waals surface area contributed by atoms with Crippen LogP contribution in [-0.2, 0) is 4.79 Å². The molecule has 1 aliphatic rings. The van der Waals surface area contributed by atoms with Gasteiger partial charge in [-0.15, -0.1) is 11.8 Å². The highest BCUT2D eigenvalue weighted by Crippen LogP contribution is 2.28. The number of hydrogen-bond acceptors (Lipinski definition) is 3. The van der Waals surface area contributed by atoms with Crippen molar-refractivity contribution >= 4 is 29.0 Å². The van der Waals surface area contributed by atoms with E-state index >= 15 is 0 Å². The molecule has 0 bridgehead atoms. The molecule has 0 spiro atoms. The predicted molar refractivity (Wildman–Crippen MR) is 69.7 cm³/mol. The molecule has 1 heterocycles. The number of nitrogens with one attached hydrogen (secondary N) is 1. The predicted octanol–water partition coefficient (Wildman–Crippen LogP) is 2.41. The molecule has 0 saturated carbocycles. The van der Waals surface area contributed by atoms with E-state index in [0.717, 1.165) is 29.8 Å². The molecule has 1 unspecified atom stereocenters. The Morgan fingerprint density at radius 2 is 2.38 bits per heavy atom. The van der Waals surface area contributed by atoms with Crippen molar-refractivity contribution in [2.45, 2.75) is 25.0 Å². The lowest BCUT2D eigenvalue weighted by molar-refractivity contribution is -0.115. The number of thioether (sulfide) groups is 1. The number of carbonyl (C=O) groups is 1. The van der Waals surface area contributed by atoms with Crippen molar-refractivity contribution in [3.8, 4) is 0 Å². The van der Waals surface area contributed by atoms with E-state index in [4.69, 9.17) is 5.73 Å². The maximum Gasteiger partial charge on any atom is 0.237 e. The fourth-order valence-corrected chi connectivity index (χ4v) is 2.94. The van der Waals surface area contributed by atoms with Crippen LogP contribution >= 0.6 is 11.8 Å². The Morgan fingerprint density at radius 1 is 1.56 bits per heavy atom. The van der Waals surface area contributed by atoms with Crippen LogP contribution in [0, 0.1) is 6.92 Å². The zero-order chi connectivity index (χ0) is 11.5. The van der Waals surface area contributed by atoms with Gasteiger partial charge in [0.25, 0.3) is 0 Å². The van der Waals surface area contributed by atoms with Crippen molar-refractivity contribution in [3.05, 3.63) is 23.8 Å². The van der Waals surface area contributed by atoms with E-state index in [1.54, 1.807) is 11.8 Å². The number of rotatable bonds is 2. The van der Waals surface area contributed by atoms with Crippen LogP contribution in [0.2, 0.25) is 0 Å². The first-order valence-corrected chi connectivity index (χ1v) is 6.50. The van der Waals surface area contributed by atoms with Gasteiger partial charge in [-0.1, -0.05) is 6.07 Å². The Bertz CT molecular complexity index is 400. The maximum atomic E-state index is 11.9. The molecule has 1 amide bonds. The number of aryl methyl sites for hydroxylation is 1. The number of hydrogen-bond donors (Lipinski definition) is 2. The highest BCUT2D eigenvalue weighted by molar-refractivity contribution is 8.00. The van der Waals surface area contributed by atoms with E-state index in [9.17, 15) is 4.79 Å². The fraction of sp³-hybridized carbons (Fsp3) is 0.417. The molecule has 0 aromatic heterocycles. The molecule has 1 atom stereocenters. The summed E-state index contributed by atoms with van der Waals surface area (Å²) >= 11 is 1.73. The topological polar surface area (TPSA) is 55.1 Å². The van der Waals surface area contributed by atoms with Crippen LogP contribution in [0.25, 0.3) is 0 Å². The summed E-state index contributed by atoms with van der Waals surface area (Å²) in [4.78, 5) is 11.9. The van der Waals surface area contributed by atoms with Crippen molar-refractivity contribution in [2.24, 2.45) is 0 Å². The molecule has 2 rings (SSSR count). The quantitative estimate of drug-likeness (QED) is 0.775. The molecule has 4 heteroatoms. The molecule has 1 fully saturated rings. The van der Waals surface area contributed by atoms with Crippen LogP contribution in [0.3, 0.4) is 0 Å². The Hall–Kier alpha value is -1.16. The van der Waals surface area contributed by atoms with Gasteiger partial charge in [0.1, 0.15) is 0 Å². The first kappa shape index (κ1) is 11.3.